The fraction of sp³-hybridized carbons (Fsp3) is 0.750. The molecular weight excluding hydrogens is 1030 g/mol. The molecule has 76 heavy (non-hydrogen) atoms. The summed E-state index contributed by atoms with van der Waals surface area (Å²) in [6.07, 6.45) is -28.3. The fourth-order valence-corrected chi connectivity index (χ4v) is 8.56. The van der Waals surface area contributed by atoms with E-state index >= 15 is 0 Å². The normalized spacial score (nSPS) is 36.3. The first-order chi connectivity index (χ1) is 36.1. The molecule has 15 N–H and O–H groups in total. The average molecular weight is 1100 g/mol. The minimum absolute atomic E-state index is 0.0289. The molecule has 3 aromatic rings. The fourth-order valence-electron chi connectivity index (χ4n) is 8.56. The number of aliphatic hydroxyl groups is 14. The predicted octanol–water partition coefficient (Wildman–Crippen LogP) is -8.17. The van der Waals surface area contributed by atoms with Crippen molar-refractivity contribution in [2.45, 2.75) is 168 Å². The highest BCUT2D eigenvalue weighted by Crippen LogP contribution is 2.33. The summed E-state index contributed by atoms with van der Waals surface area (Å²) in [6, 6.07) is 3.99. The van der Waals surface area contributed by atoms with Crippen molar-refractivity contribution in [3.63, 3.8) is 0 Å². The van der Waals surface area contributed by atoms with Crippen LogP contribution in [0.1, 0.15) is 35.6 Å². The van der Waals surface area contributed by atoms with Crippen LogP contribution in [0, 0.1) is 0 Å². The number of rotatable bonds is 24. The molecule has 4 fully saturated rings. The quantitative estimate of drug-likeness (QED) is 0.0396. The number of nitrogens with zero attached hydrogens (tertiary/aromatic N) is 6. The van der Waals surface area contributed by atoms with Crippen LogP contribution in [0.25, 0.3) is 0 Å². The van der Waals surface area contributed by atoms with Gasteiger partial charge in [0.15, 0.2) is 18.9 Å². The lowest BCUT2D eigenvalue weighted by atomic mass is 9.86. The Hall–Kier alpha value is -4.31. The van der Waals surface area contributed by atoms with Crippen LogP contribution in [0.5, 0.6) is 11.5 Å². The molecule has 0 spiro atoms. The number of hydrogen-bond acceptors (Lipinski definition) is 29. The molecule has 0 amide bonds. The summed E-state index contributed by atoms with van der Waals surface area (Å²) >= 11 is 0. The molecule has 32 nitrogen and oxygen atoms in total. The number of ether oxygens (including phenoxy) is 10. The molecule has 1 unspecified atom stereocenters. The molecule has 0 aliphatic carbocycles. The van der Waals surface area contributed by atoms with Crippen molar-refractivity contribution < 1.29 is 129 Å². The van der Waals surface area contributed by atoms with E-state index in [9.17, 15) is 81.4 Å². The lowest BCUT2D eigenvalue weighted by molar-refractivity contribution is -0.326. The molecule has 6 heterocycles. The average Bonchev–Trinajstić information content (AvgIpc) is 4.07. The molecule has 4 saturated heterocycles. The number of aromatic carboxylic acids is 1. The molecule has 32 heteroatoms. The van der Waals surface area contributed by atoms with E-state index in [1.54, 1.807) is 0 Å². The van der Waals surface area contributed by atoms with E-state index in [0.717, 1.165) is 0 Å². The molecule has 7 rings (SSSR count). The summed E-state index contributed by atoms with van der Waals surface area (Å²) in [6.45, 7) is 0.0890. The largest absolute Gasteiger partial charge is 0.487 e. The van der Waals surface area contributed by atoms with Crippen molar-refractivity contribution in [1.29, 1.82) is 0 Å². The van der Waals surface area contributed by atoms with E-state index < -0.39 is 161 Å². The van der Waals surface area contributed by atoms with Gasteiger partial charge in [0, 0.05) is 6.07 Å². The zero-order valence-electron chi connectivity index (χ0n) is 40.9. The van der Waals surface area contributed by atoms with Gasteiger partial charge in [-0.15, -0.1) is 10.2 Å². The van der Waals surface area contributed by atoms with Crippen LogP contribution in [0.4, 0.5) is 0 Å². The maximum absolute atomic E-state index is 12.0. The third-order valence-corrected chi connectivity index (χ3v) is 13.1. The summed E-state index contributed by atoms with van der Waals surface area (Å²) in [5.74, 6) is -1.04. The molecule has 4 aliphatic heterocycles. The van der Waals surface area contributed by atoms with Gasteiger partial charge in [-0.1, -0.05) is 10.4 Å². The summed E-state index contributed by atoms with van der Waals surface area (Å²) < 4.78 is 59.4. The van der Waals surface area contributed by atoms with Gasteiger partial charge in [0.25, 0.3) is 0 Å². The van der Waals surface area contributed by atoms with E-state index in [4.69, 9.17) is 47.4 Å². The van der Waals surface area contributed by atoms with Crippen molar-refractivity contribution >= 4 is 5.97 Å². The summed E-state index contributed by atoms with van der Waals surface area (Å²) in [7, 11) is 0. The number of hydrogen-bond donors (Lipinski definition) is 15. The Morgan fingerprint density at radius 1 is 0.539 bits per heavy atom. The van der Waals surface area contributed by atoms with Crippen LogP contribution in [-0.4, -0.2) is 280 Å². The van der Waals surface area contributed by atoms with Crippen LogP contribution in [0.3, 0.4) is 0 Å². The Morgan fingerprint density at radius 3 is 1.39 bits per heavy atom. The Balaban J connectivity index is 0.858. The number of benzene rings is 1. The van der Waals surface area contributed by atoms with Gasteiger partial charge in [-0.3, -0.25) is 0 Å². The zero-order valence-corrected chi connectivity index (χ0v) is 40.9. The Bertz CT molecular complexity index is 2290. The van der Waals surface area contributed by atoms with E-state index in [-0.39, 0.29) is 56.6 Å². The highest BCUT2D eigenvalue weighted by Gasteiger charge is 2.53. The molecule has 0 saturated carbocycles. The van der Waals surface area contributed by atoms with Crippen LogP contribution in [0.15, 0.2) is 30.6 Å². The standard InChI is InChI=1S/C44H66N6O26/c1-44(2,39-35(61)31(57)29(55)25(73-39)16-71-43-38(64)33(59)28(54)24(13-52)75-43)72-17-26-30(56)34(60)37(63)42(76-26)68-6-4-50-11-20(46-48-50)15-70-22-8-18(40(65)66)7-21(9-22)69-14-19-10-49(47-45-19)3-5-67-41-36(62)32(58)27(53)23(12-51)74-41/h7-11,23-39,41-43,51-64H,3-6,12-17H2,1-2H3,(H,65,66)/t23-,24-,25-,26-,27-,28-,29-,30-,31+,32?,33+,34+,35-,36-,37-,38-,39-,41-,42-,43-/m1/s1. The van der Waals surface area contributed by atoms with Crippen LogP contribution in [0.2, 0.25) is 0 Å². The van der Waals surface area contributed by atoms with Gasteiger partial charge < -0.3 is 124 Å². The molecule has 2 aromatic heterocycles. The number of carbonyl (C=O) groups is 1. The second-order valence-electron chi connectivity index (χ2n) is 19.0. The maximum Gasteiger partial charge on any atom is 0.335 e. The maximum atomic E-state index is 12.0. The third-order valence-electron chi connectivity index (χ3n) is 13.1. The van der Waals surface area contributed by atoms with Gasteiger partial charge >= 0.3 is 5.97 Å². The van der Waals surface area contributed by atoms with Crippen molar-refractivity contribution in [2.75, 3.05) is 39.6 Å². The molecule has 20 atom stereocenters. The first kappa shape index (κ1) is 59.4. The second kappa shape index (κ2) is 26.1. The van der Waals surface area contributed by atoms with Crippen molar-refractivity contribution in [2.24, 2.45) is 0 Å². The Kier molecular flexibility index (Phi) is 20.4. The Labute approximate surface area is 431 Å². The molecule has 1 aromatic carbocycles. The van der Waals surface area contributed by atoms with E-state index in [1.165, 1.54) is 53.8 Å². The predicted molar refractivity (Wildman–Crippen MR) is 241 cm³/mol. The minimum Gasteiger partial charge on any atom is -0.487 e. The van der Waals surface area contributed by atoms with Crippen LogP contribution in [-0.2, 0) is 64.2 Å². The number of carboxylic acid groups (broad SMARTS) is 1. The van der Waals surface area contributed by atoms with Gasteiger partial charge in [-0.25, -0.2) is 14.2 Å². The number of carboxylic acids is 1. The molecule has 0 bridgehead atoms. The number of aliphatic hydroxyl groups excluding tert-OH is 14. The molecular formula is C44H66N6O26. The third kappa shape index (κ3) is 14.1. The zero-order chi connectivity index (χ0) is 55.2. The van der Waals surface area contributed by atoms with Crippen LogP contribution >= 0.6 is 0 Å². The monoisotopic (exact) mass is 1090 g/mol. The first-order valence-corrected chi connectivity index (χ1v) is 24.0. The lowest BCUT2D eigenvalue weighted by Crippen LogP contribution is -2.65. The summed E-state index contributed by atoms with van der Waals surface area (Å²) in [4.78, 5) is 12.0. The smallest absolute Gasteiger partial charge is 0.335 e. The van der Waals surface area contributed by atoms with Crippen LogP contribution < -0.4 is 9.47 Å². The summed E-state index contributed by atoms with van der Waals surface area (Å²) in [5.41, 5.74) is -1.04. The first-order valence-electron chi connectivity index (χ1n) is 24.0. The van der Waals surface area contributed by atoms with Gasteiger partial charge in [0.2, 0.25) is 0 Å². The van der Waals surface area contributed by atoms with Gasteiger partial charge in [-0.05, 0) is 26.0 Å². The highest BCUT2D eigenvalue weighted by atomic mass is 16.7. The van der Waals surface area contributed by atoms with E-state index in [2.05, 4.69) is 20.6 Å². The SMILES string of the molecule is CC(C)(OC[C@H]1O[C@@H](OCCn2cc(COc3cc(OCc4cn(CCO[C@@H]5O[C@H](CO)[C@@H](O)C(O)[C@H]5O)nn4)cc(C(=O)O)c3)nn2)[C@H](O)[C@@H](O)[C@@H]1O)[C@@H]1O[C@H](CO[C@@H]2O[C@H](CO)[C@@H](O)[C@H](O)[C@H]2O)[C@@H](O)[C@H](O)[C@H]1O. The lowest BCUT2D eigenvalue weighted by Gasteiger charge is -2.48. The minimum atomic E-state index is -1.81. The van der Waals surface area contributed by atoms with Crippen molar-refractivity contribution in [3.8, 4) is 11.5 Å². The summed E-state index contributed by atoms with van der Waals surface area (Å²) in [5, 5.41) is 170. The van der Waals surface area contributed by atoms with E-state index in [1.807, 2.05) is 0 Å². The van der Waals surface area contributed by atoms with Gasteiger partial charge in [-0.2, -0.15) is 0 Å². The Morgan fingerprint density at radius 2 is 0.947 bits per heavy atom. The second-order valence-corrected chi connectivity index (χ2v) is 19.0. The van der Waals surface area contributed by atoms with E-state index in [0.29, 0.717) is 11.4 Å². The van der Waals surface area contributed by atoms with Crippen molar-refractivity contribution in [3.05, 3.63) is 47.5 Å². The van der Waals surface area contributed by atoms with Gasteiger partial charge in [0.1, 0.15) is 140 Å². The topological polar surface area (TPSA) is 474 Å². The molecule has 0 radical (unpaired) electrons. The number of aromatic nitrogens is 6. The van der Waals surface area contributed by atoms with Gasteiger partial charge in [0.05, 0.1) is 76.3 Å². The molecule has 428 valence electrons. The highest BCUT2D eigenvalue weighted by molar-refractivity contribution is 5.88. The molecule has 4 aliphatic rings. The van der Waals surface area contributed by atoms with Crippen molar-refractivity contribution in [1.82, 2.24) is 30.0 Å².